The minimum absolute atomic E-state index is 0.501. The van der Waals surface area contributed by atoms with E-state index in [-0.39, 0.29) is 0 Å². The fourth-order valence-electron chi connectivity index (χ4n) is 2.24. The number of hydrogen-bond donors (Lipinski definition) is 1. The van der Waals surface area contributed by atoms with Crippen molar-refractivity contribution in [2.24, 2.45) is 0 Å². The van der Waals surface area contributed by atoms with E-state index >= 15 is 0 Å². The summed E-state index contributed by atoms with van der Waals surface area (Å²) in [6.07, 6.45) is 0.141. The average molecular weight is 257 g/mol. The summed E-state index contributed by atoms with van der Waals surface area (Å²) in [5, 5.41) is 10.4. The Morgan fingerprint density at radius 1 is 1.32 bits per heavy atom. The lowest BCUT2D eigenvalue weighted by molar-refractivity contribution is 0.213. The molecule has 2 heterocycles. The van der Waals surface area contributed by atoms with Crippen LogP contribution in [-0.2, 0) is 6.42 Å². The number of fused-ring (bicyclic) bond motifs is 1. The molecular weight excluding hydrogens is 242 g/mol. The zero-order valence-corrected chi connectivity index (χ0v) is 10.7. The van der Waals surface area contributed by atoms with Crippen molar-refractivity contribution in [2.45, 2.75) is 12.5 Å². The molecule has 0 fully saturated rings. The maximum atomic E-state index is 10.4. The predicted octanol–water partition coefficient (Wildman–Crippen LogP) is 2.11. The Hall–Kier alpha value is -2.07. The molecule has 0 saturated carbocycles. The molecule has 0 bridgehead atoms. The lowest BCUT2D eigenvalue weighted by Gasteiger charge is -2.12. The van der Waals surface area contributed by atoms with Gasteiger partial charge in [0.25, 0.3) is 0 Å². The standard InChI is InChI=1S/C15H15NO3/c1-18-14-4-2-3-12(16-14)15(17)11-5-6-13-10(9-11)7-8-19-13/h2-6,9,15,17H,7-8H2,1H3. The van der Waals surface area contributed by atoms with Crippen LogP contribution in [0.3, 0.4) is 0 Å². The molecule has 0 radical (unpaired) electrons. The minimum Gasteiger partial charge on any atom is -0.493 e. The zero-order chi connectivity index (χ0) is 13.2. The van der Waals surface area contributed by atoms with Crippen molar-refractivity contribution in [1.29, 1.82) is 0 Å². The lowest BCUT2D eigenvalue weighted by atomic mass is 10.0. The van der Waals surface area contributed by atoms with Crippen LogP contribution in [0.5, 0.6) is 11.6 Å². The third kappa shape index (κ3) is 2.27. The molecule has 4 nitrogen and oxygen atoms in total. The van der Waals surface area contributed by atoms with E-state index in [1.807, 2.05) is 24.3 Å². The Kier molecular flexibility index (Phi) is 3.09. The minimum atomic E-state index is -0.749. The van der Waals surface area contributed by atoms with Crippen LogP contribution in [0.1, 0.15) is 22.9 Å². The van der Waals surface area contributed by atoms with Gasteiger partial charge in [0.2, 0.25) is 5.88 Å². The highest BCUT2D eigenvalue weighted by Crippen LogP contribution is 2.30. The maximum Gasteiger partial charge on any atom is 0.213 e. The van der Waals surface area contributed by atoms with Crippen LogP contribution in [0.4, 0.5) is 0 Å². The van der Waals surface area contributed by atoms with Gasteiger partial charge in [-0.1, -0.05) is 12.1 Å². The first-order valence-electron chi connectivity index (χ1n) is 6.22. The monoisotopic (exact) mass is 257 g/mol. The van der Waals surface area contributed by atoms with Gasteiger partial charge in [0.15, 0.2) is 0 Å². The molecule has 1 aliphatic heterocycles. The van der Waals surface area contributed by atoms with Crippen LogP contribution >= 0.6 is 0 Å². The van der Waals surface area contributed by atoms with Gasteiger partial charge in [0.1, 0.15) is 11.9 Å². The van der Waals surface area contributed by atoms with Gasteiger partial charge >= 0.3 is 0 Å². The molecule has 1 aliphatic rings. The van der Waals surface area contributed by atoms with Crippen molar-refractivity contribution in [2.75, 3.05) is 13.7 Å². The maximum absolute atomic E-state index is 10.4. The molecule has 3 rings (SSSR count). The number of rotatable bonds is 3. The number of methoxy groups -OCH3 is 1. The summed E-state index contributed by atoms with van der Waals surface area (Å²) in [7, 11) is 1.56. The van der Waals surface area contributed by atoms with Crippen LogP contribution in [0.15, 0.2) is 36.4 Å². The van der Waals surface area contributed by atoms with Crippen molar-refractivity contribution in [3.63, 3.8) is 0 Å². The number of aliphatic hydroxyl groups is 1. The van der Waals surface area contributed by atoms with Crippen LogP contribution in [0.2, 0.25) is 0 Å². The molecule has 1 N–H and O–H groups in total. The van der Waals surface area contributed by atoms with Crippen molar-refractivity contribution in [1.82, 2.24) is 4.98 Å². The molecule has 0 spiro atoms. The van der Waals surface area contributed by atoms with Crippen LogP contribution in [-0.4, -0.2) is 23.8 Å². The van der Waals surface area contributed by atoms with Gasteiger partial charge in [0, 0.05) is 12.5 Å². The number of benzene rings is 1. The van der Waals surface area contributed by atoms with E-state index in [4.69, 9.17) is 9.47 Å². The smallest absolute Gasteiger partial charge is 0.213 e. The van der Waals surface area contributed by atoms with E-state index in [9.17, 15) is 5.11 Å². The zero-order valence-electron chi connectivity index (χ0n) is 10.7. The average Bonchev–Trinajstić information content (AvgIpc) is 2.94. The van der Waals surface area contributed by atoms with Gasteiger partial charge < -0.3 is 14.6 Å². The van der Waals surface area contributed by atoms with Crippen LogP contribution in [0, 0.1) is 0 Å². The number of aliphatic hydroxyl groups excluding tert-OH is 1. The van der Waals surface area contributed by atoms with Crippen molar-refractivity contribution >= 4 is 0 Å². The second-order valence-electron chi connectivity index (χ2n) is 4.47. The van der Waals surface area contributed by atoms with Gasteiger partial charge in [-0.3, -0.25) is 0 Å². The highest BCUT2D eigenvalue weighted by Gasteiger charge is 2.17. The molecule has 1 aromatic carbocycles. The summed E-state index contributed by atoms with van der Waals surface area (Å²) in [6.45, 7) is 0.715. The highest BCUT2D eigenvalue weighted by molar-refractivity contribution is 5.42. The Morgan fingerprint density at radius 2 is 2.21 bits per heavy atom. The van der Waals surface area contributed by atoms with E-state index in [0.717, 1.165) is 23.3 Å². The molecule has 19 heavy (non-hydrogen) atoms. The Bertz CT molecular complexity index is 598. The second-order valence-corrected chi connectivity index (χ2v) is 4.47. The first-order valence-corrected chi connectivity index (χ1v) is 6.22. The quantitative estimate of drug-likeness (QED) is 0.915. The SMILES string of the molecule is COc1cccc(C(O)c2ccc3c(c2)CCO3)n1. The third-order valence-corrected chi connectivity index (χ3v) is 3.26. The number of ether oxygens (including phenoxy) is 2. The van der Waals surface area contributed by atoms with Crippen molar-refractivity contribution < 1.29 is 14.6 Å². The number of aromatic nitrogens is 1. The van der Waals surface area contributed by atoms with Gasteiger partial charge in [-0.25, -0.2) is 4.98 Å². The summed E-state index contributed by atoms with van der Waals surface area (Å²) < 4.78 is 10.5. The van der Waals surface area contributed by atoms with Gasteiger partial charge in [-0.15, -0.1) is 0 Å². The Labute approximate surface area is 111 Å². The first kappa shape index (κ1) is 12.0. The molecule has 98 valence electrons. The van der Waals surface area contributed by atoms with E-state index in [1.165, 1.54) is 0 Å². The van der Waals surface area contributed by atoms with E-state index in [1.54, 1.807) is 19.2 Å². The molecule has 0 aliphatic carbocycles. The van der Waals surface area contributed by atoms with E-state index in [0.29, 0.717) is 18.2 Å². The predicted molar refractivity (Wildman–Crippen MR) is 70.5 cm³/mol. The van der Waals surface area contributed by atoms with Crippen molar-refractivity contribution in [3.05, 3.63) is 53.2 Å². The van der Waals surface area contributed by atoms with E-state index in [2.05, 4.69) is 4.98 Å². The summed E-state index contributed by atoms with van der Waals surface area (Å²) in [5.74, 6) is 1.41. The van der Waals surface area contributed by atoms with Crippen LogP contribution < -0.4 is 9.47 Å². The largest absolute Gasteiger partial charge is 0.493 e. The second kappa shape index (κ2) is 4.90. The fraction of sp³-hybridized carbons (Fsp3) is 0.267. The molecule has 1 aromatic heterocycles. The summed E-state index contributed by atoms with van der Waals surface area (Å²) in [5.41, 5.74) is 2.54. The molecular formula is C15H15NO3. The molecule has 2 aromatic rings. The van der Waals surface area contributed by atoms with Gasteiger partial charge in [-0.2, -0.15) is 0 Å². The van der Waals surface area contributed by atoms with Crippen molar-refractivity contribution in [3.8, 4) is 11.6 Å². The summed E-state index contributed by atoms with van der Waals surface area (Å²) >= 11 is 0. The molecule has 1 unspecified atom stereocenters. The lowest BCUT2D eigenvalue weighted by Crippen LogP contribution is -2.03. The number of pyridine rings is 1. The Balaban J connectivity index is 1.92. The molecule has 1 atom stereocenters. The molecule has 4 heteroatoms. The van der Waals surface area contributed by atoms with Crippen LogP contribution in [0.25, 0.3) is 0 Å². The normalized spacial score (nSPS) is 14.6. The van der Waals surface area contributed by atoms with Gasteiger partial charge in [-0.05, 0) is 29.3 Å². The summed E-state index contributed by atoms with van der Waals surface area (Å²) in [6, 6.07) is 11.1. The molecule has 0 amide bonds. The fourth-order valence-corrected chi connectivity index (χ4v) is 2.24. The Morgan fingerprint density at radius 3 is 3.05 bits per heavy atom. The molecule has 0 saturated heterocycles. The topological polar surface area (TPSA) is 51.6 Å². The van der Waals surface area contributed by atoms with E-state index < -0.39 is 6.10 Å². The van der Waals surface area contributed by atoms with Gasteiger partial charge in [0.05, 0.1) is 19.4 Å². The third-order valence-electron chi connectivity index (χ3n) is 3.26. The number of hydrogen-bond acceptors (Lipinski definition) is 4. The first-order chi connectivity index (χ1) is 9.28. The summed E-state index contributed by atoms with van der Waals surface area (Å²) in [4.78, 5) is 4.26. The number of nitrogens with zero attached hydrogens (tertiary/aromatic N) is 1. The highest BCUT2D eigenvalue weighted by atomic mass is 16.5.